The number of hydrogen-bond acceptors (Lipinski definition) is 4. The molecule has 0 atom stereocenters. The normalized spacial score (nSPS) is 11.1. The van der Waals surface area contributed by atoms with Crippen molar-refractivity contribution in [1.82, 2.24) is 19.7 Å². The van der Waals surface area contributed by atoms with E-state index >= 15 is 0 Å². The van der Waals surface area contributed by atoms with Crippen molar-refractivity contribution in [3.8, 4) is 0 Å². The molecule has 1 aromatic carbocycles. The minimum Gasteiger partial charge on any atom is -0.465 e. The van der Waals surface area contributed by atoms with Crippen molar-refractivity contribution in [1.29, 1.82) is 0 Å². The predicted molar refractivity (Wildman–Crippen MR) is 101 cm³/mol. The number of amides is 1. The van der Waals surface area contributed by atoms with Crippen molar-refractivity contribution in [2.45, 2.75) is 25.7 Å². The van der Waals surface area contributed by atoms with Crippen LogP contribution < -0.4 is 10.6 Å². The molecule has 0 bridgehead atoms. The molecule has 8 heteroatoms. The predicted octanol–water partition coefficient (Wildman–Crippen LogP) is 3.88. The second-order valence-corrected chi connectivity index (χ2v) is 6.57. The van der Waals surface area contributed by atoms with Gasteiger partial charge in [-0.15, -0.1) is 0 Å². The highest BCUT2D eigenvalue weighted by atomic mass is 79.9. The van der Waals surface area contributed by atoms with Crippen molar-refractivity contribution in [3.63, 3.8) is 0 Å². The molecule has 25 heavy (non-hydrogen) atoms. The van der Waals surface area contributed by atoms with Crippen LogP contribution >= 0.6 is 15.9 Å². The second-order valence-electron chi connectivity index (χ2n) is 5.76. The number of carboxylic acid groups (broad SMARTS) is 1. The van der Waals surface area contributed by atoms with Crippen molar-refractivity contribution >= 4 is 44.5 Å². The van der Waals surface area contributed by atoms with Crippen molar-refractivity contribution in [2.24, 2.45) is 0 Å². The molecule has 0 aliphatic rings. The van der Waals surface area contributed by atoms with E-state index in [0.717, 1.165) is 59.3 Å². The highest BCUT2D eigenvalue weighted by Crippen LogP contribution is 2.25. The van der Waals surface area contributed by atoms with Crippen LogP contribution in [0.5, 0.6) is 0 Å². The fourth-order valence-corrected chi connectivity index (χ4v) is 3.23. The fourth-order valence-electron chi connectivity index (χ4n) is 2.77. The van der Waals surface area contributed by atoms with Gasteiger partial charge in [-0.3, -0.25) is 4.40 Å². The molecule has 0 radical (unpaired) electrons. The molecule has 0 saturated carbocycles. The highest BCUT2D eigenvalue weighted by molar-refractivity contribution is 9.10. The van der Waals surface area contributed by atoms with E-state index in [1.807, 2.05) is 28.7 Å². The lowest BCUT2D eigenvalue weighted by atomic mass is 10.2. The Bertz CT molecular complexity index is 880. The molecule has 0 saturated heterocycles. The van der Waals surface area contributed by atoms with Crippen LogP contribution in [0.4, 0.5) is 10.6 Å². The number of unbranched alkanes of at least 4 members (excludes halogenated alkanes) is 3. The van der Waals surface area contributed by atoms with E-state index in [0.29, 0.717) is 6.54 Å². The summed E-state index contributed by atoms with van der Waals surface area (Å²) in [6.07, 6.45) is 4.71. The largest absolute Gasteiger partial charge is 0.465 e. The van der Waals surface area contributed by atoms with Gasteiger partial charge in [-0.25, -0.2) is 14.8 Å². The maximum Gasteiger partial charge on any atom is 0.404 e. The number of para-hydroxylation sites is 2. The average molecular weight is 406 g/mol. The number of nitrogens with zero attached hydrogens (tertiary/aromatic N) is 3. The van der Waals surface area contributed by atoms with Gasteiger partial charge in [-0.2, -0.15) is 0 Å². The van der Waals surface area contributed by atoms with E-state index in [-0.39, 0.29) is 0 Å². The summed E-state index contributed by atoms with van der Waals surface area (Å²) in [4.78, 5) is 19.5. The Morgan fingerprint density at radius 3 is 2.72 bits per heavy atom. The molecule has 2 aromatic heterocycles. The van der Waals surface area contributed by atoms with Gasteiger partial charge in [0.25, 0.3) is 0 Å². The molecule has 0 aliphatic heterocycles. The van der Waals surface area contributed by atoms with Crippen molar-refractivity contribution < 1.29 is 9.90 Å². The molecule has 132 valence electrons. The van der Waals surface area contributed by atoms with Crippen LogP contribution in [-0.4, -0.2) is 38.7 Å². The zero-order valence-corrected chi connectivity index (χ0v) is 15.3. The Balaban J connectivity index is 1.59. The van der Waals surface area contributed by atoms with Crippen LogP contribution in [0.25, 0.3) is 16.7 Å². The molecule has 1 amide bonds. The molecule has 7 nitrogen and oxygen atoms in total. The zero-order valence-electron chi connectivity index (χ0n) is 13.7. The molecule has 3 rings (SSSR count). The quantitative estimate of drug-likeness (QED) is 0.494. The Hall–Kier alpha value is -2.35. The fraction of sp³-hybridized carbons (Fsp3) is 0.353. The third-order valence-corrected chi connectivity index (χ3v) is 4.52. The standard InChI is InChI=1S/C17H20BrN5O2/c18-14-11-21-16-15(19-9-5-1-2-6-10-20-17(24)25)22-12-7-3-4-8-13(12)23(14)16/h3-4,7-8,11,20H,1-2,5-6,9-10H2,(H,19,22)(H,24,25). The maximum absolute atomic E-state index is 10.4. The molecular formula is C17H20BrN5O2. The average Bonchev–Trinajstić information content (AvgIpc) is 2.99. The summed E-state index contributed by atoms with van der Waals surface area (Å²) in [6, 6.07) is 7.97. The number of anilines is 1. The number of fused-ring (bicyclic) bond motifs is 3. The number of rotatable bonds is 8. The van der Waals surface area contributed by atoms with Crippen LogP contribution in [0.2, 0.25) is 0 Å². The van der Waals surface area contributed by atoms with Crippen molar-refractivity contribution in [3.05, 3.63) is 35.1 Å². The molecule has 0 fully saturated rings. The van der Waals surface area contributed by atoms with E-state index in [1.165, 1.54) is 0 Å². The van der Waals surface area contributed by atoms with Gasteiger partial charge in [0.1, 0.15) is 4.60 Å². The Labute approximate surface area is 153 Å². The van der Waals surface area contributed by atoms with E-state index in [9.17, 15) is 4.79 Å². The number of benzene rings is 1. The van der Waals surface area contributed by atoms with Crippen LogP contribution in [0.15, 0.2) is 35.1 Å². The molecule has 3 N–H and O–H groups in total. The van der Waals surface area contributed by atoms with Gasteiger partial charge in [-0.1, -0.05) is 25.0 Å². The SMILES string of the molecule is O=C(O)NCCCCCCNc1nc2ccccc2n2c(Br)cnc12. The number of halogens is 1. The smallest absolute Gasteiger partial charge is 0.404 e. The third kappa shape index (κ3) is 4.19. The number of imidazole rings is 1. The summed E-state index contributed by atoms with van der Waals surface area (Å²) in [6.45, 7) is 1.32. The summed E-state index contributed by atoms with van der Waals surface area (Å²) >= 11 is 3.55. The molecule has 0 unspecified atom stereocenters. The second kappa shape index (κ2) is 8.15. The van der Waals surface area contributed by atoms with E-state index < -0.39 is 6.09 Å². The van der Waals surface area contributed by atoms with Gasteiger partial charge in [0.15, 0.2) is 11.5 Å². The summed E-state index contributed by atoms with van der Waals surface area (Å²) < 4.78 is 2.94. The van der Waals surface area contributed by atoms with Gasteiger partial charge >= 0.3 is 6.09 Å². The van der Waals surface area contributed by atoms with E-state index in [2.05, 4.69) is 31.5 Å². The lowest BCUT2D eigenvalue weighted by Crippen LogP contribution is -2.21. The molecular weight excluding hydrogens is 386 g/mol. The van der Waals surface area contributed by atoms with Crippen LogP contribution in [-0.2, 0) is 0 Å². The summed E-state index contributed by atoms with van der Waals surface area (Å²) in [5, 5.41) is 14.3. The Kier molecular flexibility index (Phi) is 5.70. The highest BCUT2D eigenvalue weighted by Gasteiger charge is 2.11. The van der Waals surface area contributed by atoms with Gasteiger partial charge in [0.05, 0.1) is 17.2 Å². The maximum atomic E-state index is 10.4. The third-order valence-electron chi connectivity index (χ3n) is 3.96. The topological polar surface area (TPSA) is 91.5 Å². The van der Waals surface area contributed by atoms with Gasteiger partial charge in [0, 0.05) is 13.1 Å². The first-order valence-corrected chi connectivity index (χ1v) is 9.08. The molecule has 3 aromatic rings. The lowest BCUT2D eigenvalue weighted by molar-refractivity contribution is 0.194. The van der Waals surface area contributed by atoms with E-state index in [1.54, 1.807) is 6.20 Å². The molecule has 0 aliphatic carbocycles. The first kappa shape index (κ1) is 17.5. The zero-order chi connectivity index (χ0) is 17.6. The van der Waals surface area contributed by atoms with Crippen LogP contribution in [0, 0.1) is 0 Å². The van der Waals surface area contributed by atoms with Crippen LogP contribution in [0.1, 0.15) is 25.7 Å². The number of aromatic nitrogens is 3. The van der Waals surface area contributed by atoms with Gasteiger partial charge < -0.3 is 15.7 Å². The van der Waals surface area contributed by atoms with Gasteiger partial charge in [0.2, 0.25) is 0 Å². The summed E-state index contributed by atoms with van der Waals surface area (Å²) in [7, 11) is 0. The minimum atomic E-state index is -0.959. The van der Waals surface area contributed by atoms with E-state index in [4.69, 9.17) is 10.1 Å². The first-order valence-electron chi connectivity index (χ1n) is 8.29. The Morgan fingerprint density at radius 2 is 1.92 bits per heavy atom. The monoisotopic (exact) mass is 405 g/mol. The minimum absolute atomic E-state index is 0.512. The van der Waals surface area contributed by atoms with Crippen LogP contribution in [0.3, 0.4) is 0 Å². The number of hydrogen-bond donors (Lipinski definition) is 3. The molecule has 2 heterocycles. The molecule has 0 spiro atoms. The summed E-state index contributed by atoms with van der Waals surface area (Å²) in [5.41, 5.74) is 2.73. The lowest BCUT2D eigenvalue weighted by Gasteiger charge is -2.10. The first-order chi connectivity index (χ1) is 12.2. The van der Waals surface area contributed by atoms with Gasteiger partial charge in [-0.05, 0) is 40.9 Å². The summed E-state index contributed by atoms with van der Waals surface area (Å²) in [5.74, 6) is 0.775. The number of nitrogens with one attached hydrogen (secondary N) is 2. The number of carbonyl (C=O) groups is 1. The van der Waals surface area contributed by atoms with Crippen molar-refractivity contribution in [2.75, 3.05) is 18.4 Å². The Morgan fingerprint density at radius 1 is 1.16 bits per heavy atom.